The molecule has 0 radical (unpaired) electrons. The smallest absolute Gasteiger partial charge is 0.307 e. The van der Waals surface area contributed by atoms with E-state index in [9.17, 15) is 4.79 Å². The molecule has 0 spiro atoms. The van der Waals surface area contributed by atoms with Gasteiger partial charge < -0.3 is 21.1 Å². The molecule has 104 valence electrons. The number of carbonyl (C=O) groups excluding carboxylic acids is 1. The van der Waals surface area contributed by atoms with Crippen molar-refractivity contribution in [2.24, 2.45) is 5.73 Å². The van der Waals surface area contributed by atoms with Crippen LogP contribution in [0.3, 0.4) is 0 Å². The van der Waals surface area contributed by atoms with Gasteiger partial charge in [0.15, 0.2) is 0 Å². The Morgan fingerprint density at radius 3 is 2.29 bits per heavy atom. The van der Waals surface area contributed by atoms with Gasteiger partial charge >= 0.3 is 5.97 Å². The molecule has 0 atom stereocenters. The van der Waals surface area contributed by atoms with Crippen LogP contribution in [0, 0.1) is 0 Å². The lowest BCUT2D eigenvalue weighted by atomic mass is 10.3. The second-order valence-corrected chi connectivity index (χ2v) is 3.55. The standard InChI is InChI=1S/C11H25N3O2.ClH/c1-2-16-11(15)5-10-14-9-4-8-13-7-3-6-12;/h13-14H,2-10,12H2,1H3;1H. The maximum absolute atomic E-state index is 11.0. The second kappa shape index (κ2) is 15.6. The number of rotatable bonds is 11. The summed E-state index contributed by atoms with van der Waals surface area (Å²) in [7, 11) is 0. The Kier molecular flexibility index (Phi) is 17.5. The summed E-state index contributed by atoms with van der Waals surface area (Å²) in [6.45, 7) is 6.62. The molecule has 0 amide bonds. The maximum atomic E-state index is 11.0. The summed E-state index contributed by atoms with van der Waals surface area (Å²) in [5, 5.41) is 6.49. The summed E-state index contributed by atoms with van der Waals surface area (Å²) in [6.07, 6.45) is 2.54. The molecule has 0 bridgehead atoms. The van der Waals surface area contributed by atoms with Crippen LogP contribution in [0.15, 0.2) is 0 Å². The zero-order valence-corrected chi connectivity index (χ0v) is 11.5. The van der Waals surface area contributed by atoms with Crippen molar-refractivity contribution in [2.75, 3.05) is 39.3 Å². The van der Waals surface area contributed by atoms with Crippen LogP contribution in [0.2, 0.25) is 0 Å². The molecule has 4 N–H and O–H groups in total. The molecule has 6 heteroatoms. The van der Waals surface area contributed by atoms with Gasteiger partial charge in [0.25, 0.3) is 0 Å². The van der Waals surface area contributed by atoms with E-state index in [0.717, 1.165) is 39.0 Å². The van der Waals surface area contributed by atoms with E-state index >= 15 is 0 Å². The quantitative estimate of drug-likeness (QED) is 0.370. The molecule has 0 saturated carbocycles. The van der Waals surface area contributed by atoms with Crippen LogP contribution in [0.4, 0.5) is 0 Å². The fourth-order valence-electron chi connectivity index (χ4n) is 1.24. The zero-order chi connectivity index (χ0) is 12.1. The summed E-state index contributed by atoms with van der Waals surface area (Å²) in [5.41, 5.74) is 5.37. The number of hydrogen-bond acceptors (Lipinski definition) is 5. The number of esters is 1. The van der Waals surface area contributed by atoms with Crippen molar-refractivity contribution in [3.63, 3.8) is 0 Å². The van der Waals surface area contributed by atoms with E-state index in [-0.39, 0.29) is 18.4 Å². The fraction of sp³-hybridized carbons (Fsp3) is 0.909. The minimum atomic E-state index is -0.129. The van der Waals surface area contributed by atoms with Crippen molar-refractivity contribution >= 4 is 18.4 Å². The minimum absolute atomic E-state index is 0. The van der Waals surface area contributed by atoms with E-state index < -0.39 is 0 Å². The van der Waals surface area contributed by atoms with E-state index in [1.165, 1.54) is 0 Å². The molecule has 0 aromatic rings. The van der Waals surface area contributed by atoms with Gasteiger partial charge in [-0.2, -0.15) is 0 Å². The zero-order valence-electron chi connectivity index (χ0n) is 10.7. The highest BCUT2D eigenvalue weighted by atomic mass is 35.5. The summed E-state index contributed by atoms with van der Waals surface area (Å²) in [6, 6.07) is 0. The van der Waals surface area contributed by atoms with E-state index in [0.29, 0.717) is 19.6 Å². The largest absolute Gasteiger partial charge is 0.466 e. The molecule has 0 fully saturated rings. The highest BCUT2D eigenvalue weighted by Gasteiger charge is 1.99. The molecule has 0 aliphatic heterocycles. The first kappa shape index (κ1) is 19.0. The molecule has 0 aliphatic carbocycles. The van der Waals surface area contributed by atoms with Crippen molar-refractivity contribution < 1.29 is 9.53 Å². The SMILES string of the molecule is CCOC(=O)CCNCCCNCCCN.Cl. The van der Waals surface area contributed by atoms with Gasteiger partial charge in [-0.05, 0) is 45.9 Å². The van der Waals surface area contributed by atoms with Gasteiger partial charge in [0, 0.05) is 6.54 Å². The lowest BCUT2D eigenvalue weighted by molar-refractivity contribution is -0.142. The number of nitrogens with two attached hydrogens (primary N) is 1. The van der Waals surface area contributed by atoms with Gasteiger partial charge in [-0.1, -0.05) is 0 Å². The second-order valence-electron chi connectivity index (χ2n) is 3.55. The summed E-state index contributed by atoms with van der Waals surface area (Å²) in [5.74, 6) is -0.129. The number of carbonyl (C=O) groups is 1. The van der Waals surface area contributed by atoms with Crippen molar-refractivity contribution in [3.05, 3.63) is 0 Å². The van der Waals surface area contributed by atoms with Crippen molar-refractivity contribution in [3.8, 4) is 0 Å². The molecular formula is C11H26ClN3O2. The fourth-order valence-corrected chi connectivity index (χ4v) is 1.24. The highest BCUT2D eigenvalue weighted by Crippen LogP contribution is 1.84. The van der Waals surface area contributed by atoms with Crippen molar-refractivity contribution in [2.45, 2.75) is 26.2 Å². The monoisotopic (exact) mass is 267 g/mol. The molecule has 0 aromatic heterocycles. The Morgan fingerprint density at radius 1 is 1.12 bits per heavy atom. The average molecular weight is 268 g/mol. The van der Waals surface area contributed by atoms with E-state index in [4.69, 9.17) is 10.5 Å². The van der Waals surface area contributed by atoms with E-state index in [1.54, 1.807) is 0 Å². The van der Waals surface area contributed by atoms with Gasteiger partial charge in [0.2, 0.25) is 0 Å². The van der Waals surface area contributed by atoms with Crippen LogP contribution in [-0.4, -0.2) is 45.3 Å². The van der Waals surface area contributed by atoms with Crippen LogP contribution in [0.25, 0.3) is 0 Å². The minimum Gasteiger partial charge on any atom is -0.466 e. The Bertz CT molecular complexity index is 171. The third-order valence-electron chi connectivity index (χ3n) is 2.08. The van der Waals surface area contributed by atoms with Crippen LogP contribution in [0.5, 0.6) is 0 Å². The predicted molar refractivity (Wildman–Crippen MR) is 72.5 cm³/mol. The van der Waals surface area contributed by atoms with Crippen molar-refractivity contribution in [1.82, 2.24) is 10.6 Å². The number of ether oxygens (including phenoxy) is 1. The first-order valence-corrected chi connectivity index (χ1v) is 6.08. The summed E-state index contributed by atoms with van der Waals surface area (Å²) >= 11 is 0. The van der Waals surface area contributed by atoms with E-state index in [1.807, 2.05) is 6.92 Å². The molecule has 0 rings (SSSR count). The number of hydrogen-bond donors (Lipinski definition) is 3. The Hall–Kier alpha value is -0.360. The first-order valence-electron chi connectivity index (χ1n) is 6.08. The third kappa shape index (κ3) is 15.6. The first-order chi connectivity index (χ1) is 7.81. The van der Waals surface area contributed by atoms with Gasteiger partial charge in [-0.3, -0.25) is 4.79 Å². The molecule has 0 aliphatic rings. The molecular weight excluding hydrogens is 242 g/mol. The Morgan fingerprint density at radius 2 is 1.71 bits per heavy atom. The lowest BCUT2D eigenvalue weighted by Gasteiger charge is -2.05. The van der Waals surface area contributed by atoms with Crippen LogP contribution in [-0.2, 0) is 9.53 Å². The Labute approximate surface area is 110 Å². The normalized spacial score (nSPS) is 9.76. The third-order valence-corrected chi connectivity index (χ3v) is 2.08. The molecule has 0 heterocycles. The average Bonchev–Trinajstić information content (AvgIpc) is 2.27. The molecule has 0 unspecified atom stereocenters. The topological polar surface area (TPSA) is 76.4 Å². The van der Waals surface area contributed by atoms with Crippen LogP contribution < -0.4 is 16.4 Å². The number of nitrogens with one attached hydrogen (secondary N) is 2. The van der Waals surface area contributed by atoms with E-state index in [2.05, 4.69) is 10.6 Å². The molecule has 5 nitrogen and oxygen atoms in total. The van der Waals surface area contributed by atoms with Gasteiger partial charge in [0.1, 0.15) is 0 Å². The molecule has 0 saturated heterocycles. The molecule has 0 aromatic carbocycles. The molecule has 17 heavy (non-hydrogen) atoms. The van der Waals surface area contributed by atoms with Gasteiger partial charge in [0.05, 0.1) is 13.0 Å². The lowest BCUT2D eigenvalue weighted by Crippen LogP contribution is -2.25. The van der Waals surface area contributed by atoms with Crippen LogP contribution >= 0.6 is 12.4 Å². The van der Waals surface area contributed by atoms with Gasteiger partial charge in [-0.25, -0.2) is 0 Å². The Balaban J connectivity index is 0. The number of halogens is 1. The maximum Gasteiger partial charge on any atom is 0.307 e. The summed E-state index contributed by atoms with van der Waals surface area (Å²) < 4.78 is 4.81. The van der Waals surface area contributed by atoms with Crippen molar-refractivity contribution in [1.29, 1.82) is 0 Å². The van der Waals surface area contributed by atoms with Crippen LogP contribution in [0.1, 0.15) is 26.2 Å². The van der Waals surface area contributed by atoms with Gasteiger partial charge in [-0.15, -0.1) is 12.4 Å². The predicted octanol–water partition coefficient (Wildman–Crippen LogP) is 0.280. The summed E-state index contributed by atoms with van der Waals surface area (Å²) in [4.78, 5) is 11.0. The highest BCUT2D eigenvalue weighted by molar-refractivity contribution is 5.85.